The third-order valence-corrected chi connectivity index (χ3v) is 2.04. The summed E-state index contributed by atoms with van der Waals surface area (Å²) in [4.78, 5) is 14.0. The maximum Gasteiger partial charge on any atom is 0.267 e. The van der Waals surface area contributed by atoms with E-state index in [1.807, 2.05) is 0 Å². The van der Waals surface area contributed by atoms with Gasteiger partial charge in [0, 0.05) is 11.9 Å². The SMILES string of the molecule is Cc1ncc(C=O)c(Cl)c1C(F)F. The molecular formula is C8H6ClF2NO. The fourth-order valence-corrected chi connectivity index (χ4v) is 1.26. The zero-order valence-electron chi connectivity index (χ0n) is 6.72. The average molecular weight is 206 g/mol. The molecule has 0 aromatic carbocycles. The third-order valence-electron chi connectivity index (χ3n) is 1.62. The minimum Gasteiger partial charge on any atom is -0.298 e. The lowest BCUT2D eigenvalue weighted by molar-refractivity contribution is 0.112. The summed E-state index contributed by atoms with van der Waals surface area (Å²) in [5, 5.41) is -0.211. The maximum absolute atomic E-state index is 12.4. The zero-order chi connectivity index (χ0) is 10.0. The molecule has 0 radical (unpaired) electrons. The van der Waals surface area contributed by atoms with Crippen LogP contribution in [0.15, 0.2) is 6.20 Å². The fraction of sp³-hybridized carbons (Fsp3) is 0.250. The second-order valence-electron chi connectivity index (χ2n) is 2.45. The Morgan fingerprint density at radius 3 is 2.69 bits per heavy atom. The highest BCUT2D eigenvalue weighted by atomic mass is 35.5. The van der Waals surface area contributed by atoms with Crippen LogP contribution in [0.4, 0.5) is 8.78 Å². The Morgan fingerprint density at radius 2 is 2.23 bits per heavy atom. The molecule has 0 saturated carbocycles. The summed E-state index contributed by atoms with van der Waals surface area (Å²) < 4.78 is 24.7. The van der Waals surface area contributed by atoms with Gasteiger partial charge in [0.05, 0.1) is 16.1 Å². The number of aldehydes is 1. The molecule has 1 aromatic rings. The summed E-state index contributed by atoms with van der Waals surface area (Å²) in [7, 11) is 0. The monoisotopic (exact) mass is 205 g/mol. The molecule has 2 nitrogen and oxygen atoms in total. The van der Waals surface area contributed by atoms with E-state index < -0.39 is 6.43 Å². The largest absolute Gasteiger partial charge is 0.298 e. The number of hydrogen-bond donors (Lipinski definition) is 0. The number of aryl methyl sites for hydroxylation is 1. The lowest BCUT2D eigenvalue weighted by atomic mass is 10.1. The molecule has 0 aliphatic carbocycles. The van der Waals surface area contributed by atoms with Crippen LogP contribution in [-0.4, -0.2) is 11.3 Å². The minimum atomic E-state index is -2.71. The summed E-state index contributed by atoms with van der Waals surface area (Å²) in [6.45, 7) is 1.42. The Bertz CT molecular complexity index is 341. The van der Waals surface area contributed by atoms with Crippen molar-refractivity contribution in [3.63, 3.8) is 0 Å². The van der Waals surface area contributed by atoms with Crippen LogP contribution in [0.2, 0.25) is 5.02 Å². The van der Waals surface area contributed by atoms with Gasteiger partial charge in [-0.15, -0.1) is 0 Å². The molecule has 0 aliphatic heterocycles. The molecule has 13 heavy (non-hydrogen) atoms. The van der Waals surface area contributed by atoms with E-state index in [1.165, 1.54) is 13.1 Å². The van der Waals surface area contributed by atoms with E-state index in [1.54, 1.807) is 0 Å². The van der Waals surface area contributed by atoms with Gasteiger partial charge in [-0.2, -0.15) is 0 Å². The van der Waals surface area contributed by atoms with E-state index in [-0.39, 0.29) is 21.8 Å². The zero-order valence-corrected chi connectivity index (χ0v) is 7.48. The van der Waals surface area contributed by atoms with Crippen molar-refractivity contribution in [1.82, 2.24) is 4.98 Å². The molecule has 1 heterocycles. The first-order valence-electron chi connectivity index (χ1n) is 3.46. The highest BCUT2D eigenvalue weighted by Gasteiger charge is 2.18. The Balaban J connectivity index is 3.38. The van der Waals surface area contributed by atoms with Crippen LogP contribution in [0.1, 0.15) is 28.0 Å². The predicted octanol–water partition coefficient (Wildman–Crippen LogP) is 2.79. The van der Waals surface area contributed by atoms with E-state index in [2.05, 4.69) is 4.98 Å². The second-order valence-corrected chi connectivity index (χ2v) is 2.82. The molecule has 70 valence electrons. The molecule has 0 fully saturated rings. The highest BCUT2D eigenvalue weighted by molar-refractivity contribution is 6.33. The second kappa shape index (κ2) is 3.79. The van der Waals surface area contributed by atoms with E-state index >= 15 is 0 Å². The van der Waals surface area contributed by atoms with Crippen LogP contribution in [0.25, 0.3) is 0 Å². The number of hydrogen-bond acceptors (Lipinski definition) is 2. The third kappa shape index (κ3) is 1.83. The summed E-state index contributed by atoms with van der Waals surface area (Å²) in [6, 6.07) is 0. The maximum atomic E-state index is 12.4. The van der Waals surface area contributed by atoms with E-state index in [9.17, 15) is 13.6 Å². The topological polar surface area (TPSA) is 30.0 Å². The van der Waals surface area contributed by atoms with Crippen LogP contribution in [0.5, 0.6) is 0 Å². The first kappa shape index (κ1) is 10.1. The molecule has 1 aromatic heterocycles. The van der Waals surface area contributed by atoms with Gasteiger partial charge in [0.1, 0.15) is 0 Å². The van der Waals surface area contributed by atoms with E-state index in [4.69, 9.17) is 11.6 Å². The molecule has 0 unspecified atom stereocenters. The molecule has 0 bridgehead atoms. The number of alkyl halides is 2. The van der Waals surface area contributed by atoms with E-state index in [0.29, 0.717) is 6.29 Å². The molecule has 0 aliphatic rings. The molecule has 0 amide bonds. The number of carbonyl (C=O) groups excluding carboxylic acids is 1. The first-order valence-corrected chi connectivity index (χ1v) is 3.84. The lowest BCUT2D eigenvalue weighted by Gasteiger charge is -2.07. The first-order chi connectivity index (χ1) is 6.07. The van der Waals surface area contributed by atoms with Crippen molar-refractivity contribution in [2.75, 3.05) is 0 Å². The van der Waals surface area contributed by atoms with Crippen molar-refractivity contribution >= 4 is 17.9 Å². The Kier molecular flexibility index (Phi) is 2.93. The number of halogens is 3. The van der Waals surface area contributed by atoms with Crippen molar-refractivity contribution in [2.24, 2.45) is 0 Å². The van der Waals surface area contributed by atoms with Crippen LogP contribution in [0, 0.1) is 6.92 Å². The highest BCUT2D eigenvalue weighted by Crippen LogP contribution is 2.30. The van der Waals surface area contributed by atoms with Crippen molar-refractivity contribution in [1.29, 1.82) is 0 Å². The number of nitrogens with zero attached hydrogens (tertiary/aromatic N) is 1. The van der Waals surface area contributed by atoms with Crippen molar-refractivity contribution < 1.29 is 13.6 Å². The normalized spacial score (nSPS) is 10.5. The van der Waals surface area contributed by atoms with Crippen LogP contribution < -0.4 is 0 Å². The van der Waals surface area contributed by atoms with Crippen LogP contribution in [-0.2, 0) is 0 Å². The number of rotatable bonds is 2. The van der Waals surface area contributed by atoms with Gasteiger partial charge in [0.15, 0.2) is 6.29 Å². The van der Waals surface area contributed by atoms with Gasteiger partial charge in [-0.3, -0.25) is 9.78 Å². The number of pyridine rings is 1. The van der Waals surface area contributed by atoms with Gasteiger partial charge in [-0.05, 0) is 6.92 Å². The quantitative estimate of drug-likeness (QED) is 0.695. The van der Waals surface area contributed by atoms with Crippen LogP contribution >= 0.6 is 11.6 Å². The summed E-state index contributed by atoms with van der Waals surface area (Å²) >= 11 is 5.56. The Hall–Kier alpha value is -1.03. The fourth-order valence-electron chi connectivity index (χ4n) is 0.943. The van der Waals surface area contributed by atoms with Crippen molar-refractivity contribution in [2.45, 2.75) is 13.3 Å². The van der Waals surface area contributed by atoms with Gasteiger partial charge in [0.25, 0.3) is 6.43 Å². The molecular weight excluding hydrogens is 200 g/mol. The molecule has 0 N–H and O–H groups in total. The molecule has 0 saturated heterocycles. The summed E-state index contributed by atoms with van der Waals surface area (Å²) in [5.74, 6) is 0. The summed E-state index contributed by atoms with van der Waals surface area (Å²) in [6.07, 6.45) is -1.13. The lowest BCUT2D eigenvalue weighted by Crippen LogP contribution is -1.98. The van der Waals surface area contributed by atoms with Crippen LogP contribution in [0.3, 0.4) is 0 Å². The molecule has 0 atom stereocenters. The predicted molar refractivity (Wildman–Crippen MR) is 44.3 cm³/mol. The average Bonchev–Trinajstić information content (AvgIpc) is 2.04. The molecule has 5 heteroatoms. The minimum absolute atomic E-state index is 0.0115. The smallest absolute Gasteiger partial charge is 0.267 e. The Morgan fingerprint density at radius 1 is 1.62 bits per heavy atom. The van der Waals surface area contributed by atoms with Gasteiger partial charge in [0.2, 0.25) is 0 Å². The van der Waals surface area contributed by atoms with Gasteiger partial charge >= 0.3 is 0 Å². The number of carbonyl (C=O) groups is 1. The van der Waals surface area contributed by atoms with Gasteiger partial charge in [-0.1, -0.05) is 11.6 Å². The molecule has 0 spiro atoms. The van der Waals surface area contributed by atoms with Crippen molar-refractivity contribution in [3.05, 3.63) is 28.0 Å². The standard InChI is InChI=1S/C8H6ClF2NO/c1-4-6(8(10)11)7(9)5(3-13)2-12-4/h2-3,8H,1H3. The van der Waals surface area contributed by atoms with E-state index in [0.717, 1.165) is 0 Å². The number of aromatic nitrogens is 1. The molecule has 1 rings (SSSR count). The summed E-state index contributed by atoms with van der Waals surface area (Å²) in [5.41, 5.74) is -0.237. The Labute approximate surface area is 78.5 Å². The van der Waals surface area contributed by atoms with Gasteiger partial charge in [-0.25, -0.2) is 8.78 Å². The van der Waals surface area contributed by atoms with Gasteiger partial charge < -0.3 is 0 Å². The van der Waals surface area contributed by atoms with Crippen molar-refractivity contribution in [3.8, 4) is 0 Å².